The van der Waals surface area contributed by atoms with Crippen molar-refractivity contribution in [2.75, 3.05) is 17.8 Å². The van der Waals surface area contributed by atoms with E-state index in [0.717, 1.165) is 25.9 Å². The maximum atomic E-state index is 12.8. The molecule has 168 valence electrons. The topological polar surface area (TPSA) is 78.5 Å². The van der Waals surface area contributed by atoms with Crippen molar-refractivity contribution in [3.05, 3.63) is 41.3 Å². The van der Waals surface area contributed by atoms with Gasteiger partial charge in [-0.25, -0.2) is 0 Å². The number of fused-ring (bicyclic) bond motifs is 3. The fourth-order valence-electron chi connectivity index (χ4n) is 4.33. The Morgan fingerprint density at radius 3 is 2.52 bits per heavy atom. The molecule has 3 saturated heterocycles. The maximum absolute atomic E-state index is 12.8. The zero-order valence-corrected chi connectivity index (χ0v) is 18.3. The highest BCUT2D eigenvalue weighted by Crippen LogP contribution is 2.34. The Morgan fingerprint density at radius 1 is 1.16 bits per heavy atom. The van der Waals surface area contributed by atoms with Crippen molar-refractivity contribution in [1.29, 1.82) is 0 Å². The van der Waals surface area contributed by atoms with Crippen LogP contribution in [0.5, 0.6) is 0 Å². The van der Waals surface area contributed by atoms with E-state index in [9.17, 15) is 26.4 Å². The van der Waals surface area contributed by atoms with E-state index in [1.54, 1.807) is 22.9 Å². The number of piperidine rings is 3. The molecule has 3 fully saturated rings. The van der Waals surface area contributed by atoms with Gasteiger partial charge in [-0.05, 0) is 68.6 Å². The quantitative estimate of drug-likeness (QED) is 0.691. The first-order valence-corrected chi connectivity index (χ1v) is 12.2. The molecule has 0 radical (unpaired) electrons. The van der Waals surface area contributed by atoms with Crippen LogP contribution in [-0.4, -0.2) is 49.9 Å². The van der Waals surface area contributed by atoms with Crippen LogP contribution in [0.2, 0.25) is 0 Å². The van der Waals surface area contributed by atoms with Gasteiger partial charge in [-0.2, -0.15) is 21.6 Å². The summed E-state index contributed by atoms with van der Waals surface area (Å²) in [6.45, 7) is 4.26. The summed E-state index contributed by atoms with van der Waals surface area (Å²) >= 11 is 1.21. The third-order valence-corrected chi connectivity index (χ3v) is 8.26. The van der Waals surface area contributed by atoms with Gasteiger partial charge in [0, 0.05) is 22.6 Å². The number of hydrogen-bond acceptors (Lipinski definition) is 5. The number of nitrogens with zero attached hydrogens (tertiary/aromatic N) is 1. The van der Waals surface area contributed by atoms with Gasteiger partial charge in [0.05, 0.1) is 4.88 Å². The van der Waals surface area contributed by atoms with E-state index in [2.05, 4.69) is 17.1 Å². The molecular formula is C20H22F3N3O3S2. The zero-order valence-electron chi connectivity index (χ0n) is 16.6. The molecule has 0 aliphatic carbocycles. The first kappa shape index (κ1) is 22.1. The Balaban J connectivity index is 1.48. The summed E-state index contributed by atoms with van der Waals surface area (Å²) in [4.78, 5) is 16.3. The first-order chi connectivity index (χ1) is 14.5. The number of alkyl halides is 3. The molecule has 6 nitrogen and oxygen atoms in total. The lowest BCUT2D eigenvalue weighted by Gasteiger charge is -2.49. The molecule has 2 bridgehead atoms. The average molecular weight is 474 g/mol. The lowest BCUT2D eigenvalue weighted by atomic mass is 9.79. The van der Waals surface area contributed by atoms with Gasteiger partial charge in [0.15, 0.2) is 0 Å². The number of benzene rings is 1. The number of hydrogen-bond donors (Lipinski definition) is 2. The van der Waals surface area contributed by atoms with Crippen molar-refractivity contribution in [2.45, 2.75) is 37.4 Å². The molecular weight excluding hydrogens is 451 g/mol. The number of thiophene rings is 1. The third-order valence-electron chi connectivity index (χ3n) is 6.01. The second kappa shape index (κ2) is 8.10. The highest BCUT2D eigenvalue weighted by atomic mass is 32.2. The van der Waals surface area contributed by atoms with Crippen molar-refractivity contribution in [2.24, 2.45) is 5.92 Å². The molecule has 2 N–H and O–H groups in total. The van der Waals surface area contributed by atoms with Gasteiger partial charge in [0.2, 0.25) is 0 Å². The Kier molecular flexibility index (Phi) is 5.78. The fourth-order valence-corrected chi connectivity index (χ4v) is 5.79. The summed E-state index contributed by atoms with van der Waals surface area (Å²) in [7, 11) is -5.50. The lowest BCUT2D eigenvalue weighted by molar-refractivity contribution is -0.0429. The lowest BCUT2D eigenvalue weighted by Crippen LogP contribution is -2.62. The van der Waals surface area contributed by atoms with Crippen LogP contribution in [0.15, 0.2) is 36.4 Å². The molecule has 3 aliphatic heterocycles. The second-order valence-electron chi connectivity index (χ2n) is 7.91. The number of carbonyl (C=O) groups excluding carboxylic acids is 1. The fraction of sp³-hybridized carbons (Fsp3) is 0.450. The minimum absolute atomic E-state index is 0.0978. The molecule has 4 heterocycles. The average Bonchev–Trinajstić information content (AvgIpc) is 3.20. The summed E-state index contributed by atoms with van der Waals surface area (Å²) in [5, 5.41) is 3.15. The first-order valence-electron chi connectivity index (χ1n) is 9.89. The largest absolute Gasteiger partial charge is 0.516 e. The minimum Gasteiger partial charge on any atom is -0.347 e. The maximum Gasteiger partial charge on any atom is 0.516 e. The van der Waals surface area contributed by atoms with Crippen LogP contribution < -0.4 is 10.0 Å². The number of rotatable bonds is 5. The zero-order chi connectivity index (χ0) is 22.4. The van der Waals surface area contributed by atoms with E-state index in [4.69, 9.17) is 0 Å². The molecule has 1 aromatic carbocycles. The van der Waals surface area contributed by atoms with E-state index in [-0.39, 0.29) is 23.7 Å². The Bertz CT molecular complexity index is 1070. The molecule has 1 aromatic heterocycles. The molecule has 1 amide bonds. The minimum atomic E-state index is -5.50. The third kappa shape index (κ3) is 4.44. The second-order valence-corrected chi connectivity index (χ2v) is 10.7. The van der Waals surface area contributed by atoms with Crippen LogP contribution >= 0.6 is 11.3 Å². The van der Waals surface area contributed by atoms with Crippen molar-refractivity contribution >= 4 is 33.0 Å². The van der Waals surface area contributed by atoms with Crippen LogP contribution in [0.3, 0.4) is 0 Å². The molecule has 2 unspecified atom stereocenters. The van der Waals surface area contributed by atoms with Crippen LogP contribution in [0, 0.1) is 5.92 Å². The molecule has 11 heteroatoms. The highest BCUT2D eigenvalue weighted by molar-refractivity contribution is 7.93. The highest BCUT2D eigenvalue weighted by Gasteiger charge is 2.46. The number of amides is 1. The summed E-state index contributed by atoms with van der Waals surface area (Å²) in [5.74, 6) is 0.303. The Labute approximate surface area is 182 Å². The molecule has 0 saturated carbocycles. The summed E-state index contributed by atoms with van der Waals surface area (Å²) in [6.07, 6.45) is 2.15. The summed E-state index contributed by atoms with van der Waals surface area (Å²) in [6, 6.07) is 9.42. The van der Waals surface area contributed by atoms with E-state index in [0.29, 0.717) is 21.2 Å². The smallest absolute Gasteiger partial charge is 0.347 e. The van der Waals surface area contributed by atoms with Gasteiger partial charge in [-0.15, -0.1) is 11.3 Å². The SMILES string of the molecule is CC1C(NC(=O)c2ccc(-c3cccc(NS(=O)(=O)C(F)(F)F)c3)s2)C2CCN1CC2. The van der Waals surface area contributed by atoms with Gasteiger partial charge >= 0.3 is 15.5 Å². The summed E-state index contributed by atoms with van der Waals surface area (Å²) < 4.78 is 62.1. The van der Waals surface area contributed by atoms with Gasteiger partial charge in [0.1, 0.15) is 0 Å². The van der Waals surface area contributed by atoms with Gasteiger partial charge in [-0.1, -0.05) is 12.1 Å². The Morgan fingerprint density at radius 2 is 1.87 bits per heavy atom. The van der Waals surface area contributed by atoms with Crippen molar-refractivity contribution in [3.8, 4) is 10.4 Å². The molecule has 31 heavy (non-hydrogen) atoms. The monoisotopic (exact) mass is 473 g/mol. The number of nitrogens with one attached hydrogen (secondary N) is 2. The van der Waals surface area contributed by atoms with E-state index < -0.39 is 15.5 Å². The number of carbonyl (C=O) groups is 1. The molecule has 2 aromatic rings. The van der Waals surface area contributed by atoms with Crippen LogP contribution in [0.1, 0.15) is 29.4 Å². The normalized spacial score (nSPS) is 25.9. The summed E-state index contributed by atoms with van der Waals surface area (Å²) in [5.41, 5.74) is -5.08. The van der Waals surface area contributed by atoms with E-state index in [1.165, 1.54) is 29.5 Å². The van der Waals surface area contributed by atoms with Gasteiger partial charge < -0.3 is 5.32 Å². The molecule has 5 rings (SSSR count). The predicted molar refractivity (Wildman–Crippen MR) is 113 cm³/mol. The van der Waals surface area contributed by atoms with Crippen LogP contribution in [-0.2, 0) is 10.0 Å². The van der Waals surface area contributed by atoms with Crippen molar-refractivity contribution < 1.29 is 26.4 Å². The van der Waals surface area contributed by atoms with Crippen molar-refractivity contribution in [1.82, 2.24) is 10.2 Å². The molecule has 3 aliphatic rings. The molecule has 2 atom stereocenters. The van der Waals surface area contributed by atoms with Gasteiger partial charge in [0.25, 0.3) is 5.91 Å². The molecule has 0 spiro atoms. The predicted octanol–water partition coefficient (Wildman–Crippen LogP) is 3.89. The van der Waals surface area contributed by atoms with Crippen LogP contribution in [0.25, 0.3) is 10.4 Å². The number of sulfonamides is 1. The van der Waals surface area contributed by atoms with E-state index >= 15 is 0 Å². The van der Waals surface area contributed by atoms with E-state index in [1.807, 2.05) is 0 Å². The van der Waals surface area contributed by atoms with Crippen molar-refractivity contribution in [3.63, 3.8) is 0 Å². The number of halogens is 3. The van der Waals surface area contributed by atoms with Gasteiger partial charge in [-0.3, -0.25) is 14.4 Å². The number of anilines is 1. The van der Waals surface area contributed by atoms with Crippen LogP contribution in [0.4, 0.5) is 18.9 Å². The Hall–Kier alpha value is -2.11. The standard InChI is InChI=1S/C20H22F3N3O3S2/c1-12-18(13-7-9-26(12)10-8-13)24-19(27)17-6-5-16(30-17)14-3-2-4-15(11-14)25-31(28,29)20(21,22)23/h2-6,11-13,18,25H,7-10H2,1H3,(H,24,27).